The molecule has 0 aromatic carbocycles. The number of rotatable bonds is 5. The number of aromatic amines is 1. The minimum atomic E-state index is 0.641. The third kappa shape index (κ3) is 2.59. The van der Waals surface area contributed by atoms with Crippen molar-refractivity contribution in [3.8, 4) is 0 Å². The minimum Gasteiger partial charge on any atom is -0.354 e. The highest BCUT2D eigenvalue weighted by molar-refractivity contribution is 5.78. The first-order chi connectivity index (χ1) is 9.86. The van der Waals surface area contributed by atoms with E-state index in [1.165, 1.54) is 0 Å². The average molecular weight is 268 g/mol. The molecule has 0 radical (unpaired) electrons. The van der Waals surface area contributed by atoms with Crippen molar-refractivity contribution < 1.29 is 0 Å². The molecular weight excluding hydrogens is 252 g/mol. The van der Waals surface area contributed by atoms with Gasteiger partial charge in [0.1, 0.15) is 0 Å². The molecule has 0 spiro atoms. The van der Waals surface area contributed by atoms with Crippen LogP contribution < -0.4 is 5.32 Å². The van der Waals surface area contributed by atoms with E-state index in [1.54, 1.807) is 12.4 Å². The average Bonchev–Trinajstić information content (AvgIpc) is 2.95. The molecule has 0 unspecified atom stereocenters. The molecule has 0 aliphatic heterocycles. The molecule has 2 N–H and O–H groups in total. The van der Waals surface area contributed by atoms with E-state index in [-0.39, 0.29) is 0 Å². The zero-order valence-corrected chi connectivity index (χ0v) is 11.3. The summed E-state index contributed by atoms with van der Waals surface area (Å²) in [6.07, 6.45) is 7.14. The zero-order valence-electron chi connectivity index (χ0n) is 11.3. The van der Waals surface area contributed by atoms with Crippen LogP contribution in [0, 0.1) is 0 Å². The fraction of sp³-hybridized carbons (Fsp3) is 0.286. The number of nitrogens with one attached hydrogen (secondary N) is 2. The molecule has 3 aromatic heterocycles. The fourth-order valence-electron chi connectivity index (χ4n) is 2.04. The second-order valence-electron chi connectivity index (χ2n) is 4.59. The highest BCUT2D eigenvalue weighted by Gasteiger charge is 2.10. The number of hydrogen-bond acceptors (Lipinski definition) is 5. The van der Waals surface area contributed by atoms with Gasteiger partial charge in [-0.05, 0) is 18.1 Å². The molecular formula is C14H16N6. The molecule has 0 saturated heterocycles. The zero-order chi connectivity index (χ0) is 13.8. The number of hydrogen-bond donors (Lipinski definition) is 2. The number of fused-ring (bicyclic) bond motifs is 1. The number of nitrogens with zero attached hydrogens (tertiary/aromatic N) is 4. The highest BCUT2D eigenvalue weighted by Crippen LogP contribution is 2.18. The number of pyridine rings is 1. The predicted molar refractivity (Wildman–Crippen MR) is 77.5 cm³/mol. The molecule has 3 heterocycles. The molecule has 0 amide bonds. The van der Waals surface area contributed by atoms with Crippen LogP contribution in [0.5, 0.6) is 0 Å². The Hall–Kier alpha value is -2.50. The second kappa shape index (κ2) is 5.64. The topological polar surface area (TPSA) is 79.4 Å². The van der Waals surface area contributed by atoms with Gasteiger partial charge in [-0.1, -0.05) is 13.0 Å². The molecule has 3 aromatic rings. The van der Waals surface area contributed by atoms with Gasteiger partial charge >= 0.3 is 0 Å². The summed E-state index contributed by atoms with van der Waals surface area (Å²) < 4.78 is 0. The smallest absolute Gasteiger partial charge is 0.224 e. The Bertz CT molecular complexity index is 691. The first kappa shape index (κ1) is 12.5. The van der Waals surface area contributed by atoms with Gasteiger partial charge in [-0.3, -0.25) is 10.1 Å². The third-order valence-electron chi connectivity index (χ3n) is 3.02. The normalized spacial score (nSPS) is 10.8. The SMILES string of the molecule is CCCNc1nc(Cc2cccnc2)c2cn[nH]c2n1. The van der Waals surface area contributed by atoms with Gasteiger partial charge in [0.2, 0.25) is 5.95 Å². The van der Waals surface area contributed by atoms with E-state index >= 15 is 0 Å². The number of H-pyrrole nitrogens is 1. The van der Waals surface area contributed by atoms with Crippen LogP contribution in [0.15, 0.2) is 30.7 Å². The van der Waals surface area contributed by atoms with Crippen molar-refractivity contribution >= 4 is 17.0 Å². The Kier molecular flexibility index (Phi) is 3.54. The molecule has 0 atom stereocenters. The lowest BCUT2D eigenvalue weighted by molar-refractivity contribution is 0.943. The van der Waals surface area contributed by atoms with Crippen molar-refractivity contribution in [2.75, 3.05) is 11.9 Å². The summed E-state index contributed by atoms with van der Waals surface area (Å²) in [4.78, 5) is 13.2. The molecule has 6 heteroatoms. The summed E-state index contributed by atoms with van der Waals surface area (Å²) in [5, 5.41) is 11.1. The molecule has 0 aliphatic carbocycles. The largest absolute Gasteiger partial charge is 0.354 e. The number of aromatic nitrogens is 5. The van der Waals surface area contributed by atoms with Gasteiger partial charge in [-0.25, -0.2) is 4.98 Å². The van der Waals surface area contributed by atoms with Gasteiger partial charge in [-0.2, -0.15) is 10.1 Å². The summed E-state index contributed by atoms with van der Waals surface area (Å²) in [7, 11) is 0. The number of anilines is 1. The van der Waals surface area contributed by atoms with Gasteiger partial charge < -0.3 is 5.32 Å². The second-order valence-corrected chi connectivity index (χ2v) is 4.59. The first-order valence-electron chi connectivity index (χ1n) is 6.69. The van der Waals surface area contributed by atoms with E-state index in [0.717, 1.165) is 35.3 Å². The standard InChI is InChI=1S/C14H16N6/c1-2-5-16-14-18-12(7-10-4-3-6-15-8-10)11-9-17-20-13(11)19-14/h3-4,6,8-9H,2,5,7H2,1H3,(H2,16,17,18,19,20). The van der Waals surface area contributed by atoms with E-state index < -0.39 is 0 Å². The van der Waals surface area contributed by atoms with Crippen LogP contribution in [0.4, 0.5) is 5.95 Å². The van der Waals surface area contributed by atoms with Crippen LogP contribution in [-0.4, -0.2) is 31.7 Å². The van der Waals surface area contributed by atoms with Crippen molar-refractivity contribution in [1.29, 1.82) is 0 Å². The molecule has 0 fully saturated rings. The lowest BCUT2D eigenvalue weighted by Gasteiger charge is -2.07. The van der Waals surface area contributed by atoms with Crippen molar-refractivity contribution in [2.24, 2.45) is 0 Å². The molecule has 3 rings (SSSR count). The van der Waals surface area contributed by atoms with Crippen molar-refractivity contribution in [1.82, 2.24) is 25.1 Å². The van der Waals surface area contributed by atoms with Crippen LogP contribution in [0.2, 0.25) is 0 Å². The van der Waals surface area contributed by atoms with E-state index in [9.17, 15) is 0 Å². The van der Waals surface area contributed by atoms with E-state index in [2.05, 4.69) is 37.4 Å². The lowest BCUT2D eigenvalue weighted by Crippen LogP contribution is -2.06. The third-order valence-corrected chi connectivity index (χ3v) is 3.02. The molecule has 0 saturated carbocycles. The Morgan fingerprint density at radius 3 is 3.00 bits per heavy atom. The monoisotopic (exact) mass is 268 g/mol. The summed E-state index contributed by atoms with van der Waals surface area (Å²) in [5.41, 5.74) is 2.84. The maximum absolute atomic E-state index is 4.60. The Balaban J connectivity index is 1.97. The lowest BCUT2D eigenvalue weighted by atomic mass is 10.1. The molecule has 102 valence electrons. The fourth-order valence-corrected chi connectivity index (χ4v) is 2.04. The minimum absolute atomic E-state index is 0.641. The highest BCUT2D eigenvalue weighted by atomic mass is 15.2. The van der Waals surface area contributed by atoms with Gasteiger partial charge in [0.15, 0.2) is 5.65 Å². The Morgan fingerprint density at radius 2 is 2.20 bits per heavy atom. The van der Waals surface area contributed by atoms with Gasteiger partial charge in [0, 0.05) is 25.4 Å². The van der Waals surface area contributed by atoms with Gasteiger partial charge in [0.25, 0.3) is 0 Å². The Labute approximate surface area is 116 Å². The summed E-state index contributed by atoms with van der Waals surface area (Å²) in [6, 6.07) is 3.97. The first-order valence-corrected chi connectivity index (χ1v) is 6.69. The van der Waals surface area contributed by atoms with Crippen LogP contribution >= 0.6 is 0 Å². The van der Waals surface area contributed by atoms with Crippen LogP contribution in [-0.2, 0) is 6.42 Å². The summed E-state index contributed by atoms with van der Waals surface area (Å²) in [5.74, 6) is 0.641. The molecule has 20 heavy (non-hydrogen) atoms. The van der Waals surface area contributed by atoms with Crippen molar-refractivity contribution in [3.05, 3.63) is 42.0 Å². The molecule has 6 nitrogen and oxygen atoms in total. The maximum atomic E-state index is 4.60. The van der Waals surface area contributed by atoms with Gasteiger partial charge in [-0.15, -0.1) is 0 Å². The van der Waals surface area contributed by atoms with E-state index in [0.29, 0.717) is 12.4 Å². The maximum Gasteiger partial charge on any atom is 0.224 e. The predicted octanol–water partition coefficient (Wildman–Crippen LogP) is 2.16. The molecule has 0 aliphatic rings. The van der Waals surface area contributed by atoms with Crippen LogP contribution in [0.3, 0.4) is 0 Å². The van der Waals surface area contributed by atoms with Crippen LogP contribution in [0.25, 0.3) is 11.0 Å². The van der Waals surface area contributed by atoms with E-state index in [1.807, 2.05) is 18.3 Å². The summed E-state index contributed by atoms with van der Waals surface area (Å²) in [6.45, 7) is 2.96. The van der Waals surface area contributed by atoms with Crippen LogP contribution in [0.1, 0.15) is 24.6 Å². The van der Waals surface area contributed by atoms with E-state index in [4.69, 9.17) is 0 Å². The molecule has 0 bridgehead atoms. The Morgan fingerprint density at radius 1 is 1.25 bits per heavy atom. The van der Waals surface area contributed by atoms with Crippen molar-refractivity contribution in [3.63, 3.8) is 0 Å². The quantitative estimate of drug-likeness (QED) is 0.741. The van der Waals surface area contributed by atoms with Crippen molar-refractivity contribution in [2.45, 2.75) is 19.8 Å². The summed E-state index contributed by atoms with van der Waals surface area (Å²) >= 11 is 0. The van der Waals surface area contributed by atoms with Gasteiger partial charge in [0.05, 0.1) is 17.3 Å².